The molecule has 0 bridgehead atoms. The second-order valence-electron chi connectivity index (χ2n) is 9.37. The molecule has 1 aliphatic heterocycles. The van der Waals surface area contributed by atoms with Crippen molar-refractivity contribution in [2.75, 3.05) is 18.1 Å². The van der Waals surface area contributed by atoms with Crippen molar-refractivity contribution in [1.82, 2.24) is 9.55 Å². The van der Waals surface area contributed by atoms with E-state index in [4.69, 9.17) is 9.72 Å². The molecule has 2 heterocycles. The number of carbonyl (C=O) groups excluding carboxylic acids is 1. The van der Waals surface area contributed by atoms with Gasteiger partial charge in [0.15, 0.2) is 0 Å². The number of aromatic nitrogens is 2. The third-order valence-corrected chi connectivity index (χ3v) is 6.79. The molecule has 0 aliphatic carbocycles. The van der Waals surface area contributed by atoms with Crippen LogP contribution < -0.4 is 9.64 Å². The highest BCUT2D eigenvalue weighted by Crippen LogP contribution is 2.36. The third kappa shape index (κ3) is 4.07. The molecule has 0 saturated carbocycles. The Hall–Kier alpha value is -3.60. The number of hydrogen-bond acceptors (Lipinski definition) is 3. The molecule has 4 aromatic rings. The number of ether oxygens (including phenoxy) is 1. The molecule has 5 rings (SSSR count). The van der Waals surface area contributed by atoms with Crippen LogP contribution in [0.15, 0.2) is 60.7 Å². The van der Waals surface area contributed by atoms with Crippen LogP contribution in [0.4, 0.5) is 5.69 Å². The lowest BCUT2D eigenvalue weighted by Crippen LogP contribution is -2.26. The van der Waals surface area contributed by atoms with Gasteiger partial charge in [0.1, 0.15) is 18.2 Å². The molecule has 1 saturated heterocycles. The SMILES string of the molecule is Cc1ccc(OCCn2c([C@@H]3CC(=O)N(c4c(C)cccc4C)C3)nc3ccccc32)c(C)c1. The van der Waals surface area contributed by atoms with Crippen LogP contribution in [0.2, 0.25) is 0 Å². The number of para-hydroxylation sites is 3. The van der Waals surface area contributed by atoms with Crippen molar-refractivity contribution in [3.63, 3.8) is 0 Å². The Kier molecular flexibility index (Phi) is 5.86. The molecule has 5 nitrogen and oxygen atoms in total. The summed E-state index contributed by atoms with van der Waals surface area (Å²) in [6.45, 7) is 10.2. The van der Waals surface area contributed by atoms with Gasteiger partial charge in [0.2, 0.25) is 5.91 Å². The maximum absolute atomic E-state index is 13.1. The summed E-state index contributed by atoms with van der Waals surface area (Å²) < 4.78 is 8.39. The standard InChI is InChI=1S/C29H31N3O2/c1-19-12-13-26(22(4)16-19)34-15-14-31-25-11-6-5-10-24(25)30-29(31)23-17-27(33)32(18-23)28-20(2)8-7-9-21(28)3/h5-13,16,23H,14-15,17-18H2,1-4H3/t23-/m1/s1. The van der Waals surface area contributed by atoms with Gasteiger partial charge in [0.05, 0.1) is 17.6 Å². The highest BCUT2D eigenvalue weighted by molar-refractivity contribution is 5.98. The number of aryl methyl sites for hydroxylation is 4. The maximum atomic E-state index is 13.1. The molecule has 1 aromatic heterocycles. The number of anilines is 1. The second kappa shape index (κ2) is 8.98. The summed E-state index contributed by atoms with van der Waals surface area (Å²) in [5, 5.41) is 0. The first-order valence-corrected chi connectivity index (χ1v) is 11.9. The molecule has 1 fully saturated rings. The summed E-state index contributed by atoms with van der Waals surface area (Å²) in [6, 6.07) is 20.6. The average Bonchev–Trinajstić information content (AvgIpc) is 3.36. The normalized spacial score (nSPS) is 15.9. The van der Waals surface area contributed by atoms with Gasteiger partial charge in [-0.25, -0.2) is 4.98 Å². The Bertz CT molecular complexity index is 1350. The predicted octanol–water partition coefficient (Wildman–Crippen LogP) is 5.87. The minimum Gasteiger partial charge on any atom is -0.491 e. The van der Waals surface area contributed by atoms with Gasteiger partial charge in [0, 0.05) is 24.6 Å². The predicted molar refractivity (Wildman–Crippen MR) is 137 cm³/mol. The summed E-state index contributed by atoms with van der Waals surface area (Å²) >= 11 is 0. The van der Waals surface area contributed by atoms with Crippen molar-refractivity contribution in [3.8, 4) is 5.75 Å². The number of hydrogen-bond donors (Lipinski definition) is 0. The van der Waals surface area contributed by atoms with Crippen molar-refractivity contribution in [2.45, 2.75) is 46.6 Å². The second-order valence-corrected chi connectivity index (χ2v) is 9.37. The van der Waals surface area contributed by atoms with Crippen molar-refractivity contribution < 1.29 is 9.53 Å². The van der Waals surface area contributed by atoms with E-state index < -0.39 is 0 Å². The van der Waals surface area contributed by atoms with Gasteiger partial charge in [-0.2, -0.15) is 0 Å². The van der Waals surface area contributed by atoms with E-state index in [0.29, 0.717) is 26.1 Å². The van der Waals surface area contributed by atoms with Crippen LogP contribution in [0.1, 0.15) is 40.4 Å². The molecule has 174 valence electrons. The van der Waals surface area contributed by atoms with Gasteiger partial charge in [-0.15, -0.1) is 0 Å². The molecule has 5 heteroatoms. The van der Waals surface area contributed by atoms with E-state index in [0.717, 1.165) is 45.0 Å². The van der Waals surface area contributed by atoms with Crippen LogP contribution >= 0.6 is 0 Å². The Morgan fingerprint density at radius 3 is 2.47 bits per heavy atom. The van der Waals surface area contributed by atoms with E-state index in [1.165, 1.54) is 5.56 Å². The fourth-order valence-electron chi connectivity index (χ4n) is 5.18. The van der Waals surface area contributed by atoms with Gasteiger partial charge < -0.3 is 14.2 Å². The number of imidazole rings is 1. The number of benzene rings is 3. The summed E-state index contributed by atoms with van der Waals surface area (Å²) in [7, 11) is 0. The Morgan fingerprint density at radius 1 is 0.941 bits per heavy atom. The van der Waals surface area contributed by atoms with Crippen LogP contribution in [-0.2, 0) is 11.3 Å². The molecule has 1 aliphatic rings. The highest BCUT2D eigenvalue weighted by Gasteiger charge is 2.35. The van der Waals surface area contributed by atoms with Gasteiger partial charge in [-0.3, -0.25) is 4.79 Å². The first-order chi connectivity index (χ1) is 16.4. The number of fused-ring (bicyclic) bond motifs is 1. The first-order valence-electron chi connectivity index (χ1n) is 11.9. The zero-order valence-electron chi connectivity index (χ0n) is 20.3. The van der Waals surface area contributed by atoms with E-state index in [2.05, 4.69) is 62.6 Å². The molecule has 0 radical (unpaired) electrons. The summed E-state index contributed by atoms with van der Waals surface area (Å²) in [4.78, 5) is 20.1. The molecular weight excluding hydrogens is 422 g/mol. The molecule has 0 spiro atoms. The molecule has 1 amide bonds. The minimum atomic E-state index is 0.0417. The van der Waals surface area contributed by atoms with E-state index in [1.807, 2.05) is 35.2 Å². The van der Waals surface area contributed by atoms with Crippen molar-refractivity contribution in [2.24, 2.45) is 0 Å². The lowest BCUT2D eigenvalue weighted by molar-refractivity contribution is -0.117. The Balaban J connectivity index is 1.42. The maximum Gasteiger partial charge on any atom is 0.227 e. The van der Waals surface area contributed by atoms with Crippen molar-refractivity contribution in [3.05, 3.63) is 88.7 Å². The van der Waals surface area contributed by atoms with Crippen molar-refractivity contribution >= 4 is 22.6 Å². The number of amides is 1. The molecule has 0 N–H and O–H groups in total. The van der Waals surface area contributed by atoms with Crippen LogP contribution in [0.3, 0.4) is 0 Å². The summed E-state index contributed by atoms with van der Waals surface area (Å²) in [6.07, 6.45) is 0.467. The first kappa shape index (κ1) is 22.2. The molecule has 3 aromatic carbocycles. The van der Waals surface area contributed by atoms with Gasteiger partial charge in [-0.05, 0) is 62.6 Å². The van der Waals surface area contributed by atoms with E-state index in [-0.39, 0.29) is 11.8 Å². The van der Waals surface area contributed by atoms with Crippen LogP contribution in [-0.4, -0.2) is 28.6 Å². The van der Waals surface area contributed by atoms with Gasteiger partial charge >= 0.3 is 0 Å². The molecule has 0 unspecified atom stereocenters. The van der Waals surface area contributed by atoms with Gasteiger partial charge in [0.25, 0.3) is 0 Å². The van der Waals surface area contributed by atoms with E-state index in [1.54, 1.807) is 0 Å². The Labute approximate surface area is 201 Å². The lowest BCUT2D eigenvalue weighted by Gasteiger charge is -2.21. The molecule has 34 heavy (non-hydrogen) atoms. The van der Waals surface area contributed by atoms with E-state index in [9.17, 15) is 4.79 Å². The quantitative estimate of drug-likeness (QED) is 0.367. The smallest absolute Gasteiger partial charge is 0.227 e. The minimum absolute atomic E-state index is 0.0417. The molecule has 1 atom stereocenters. The fourth-order valence-corrected chi connectivity index (χ4v) is 5.18. The highest BCUT2D eigenvalue weighted by atomic mass is 16.5. The van der Waals surface area contributed by atoms with Gasteiger partial charge in [-0.1, -0.05) is 48.0 Å². The largest absolute Gasteiger partial charge is 0.491 e. The fraction of sp³-hybridized carbons (Fsp3) is 0.310. The van der Waals surface area contributed by atoms with Crippen LogP contribution in [0.25, 0.3) is 11.0 Å². The number of nitrogens with zero attached hydrogens (tertiary/aromatic N) is 3. The summed E-state index contributed by atoms with van der Waals surface area (Å²) in [5.41, 5.74) is 7.71. The van der Waals surface area contributed by atoms with E-state index >= 15 is 0 Å². The summed E-state index contributed by atoms with van der Waals surface area (Å²) in [5.74, 6) is 2.08. The molecular formula is C29H31N3O2. The average molecular weight is 454 g/mol. The van der Waals surface area contributed by atoms with Crippen LogP contribution in [0.5, 0.6) is 5.75 Å². The zero-order chi connectivity index (χ0) is 23.8. The monoisotopic (exact) mass is 453 g/mol. The Morgan fingerprint density at radius 2 is 1.71 bits per heavy atom. The van der Waals surface area contributed by atoms with Crippen LogP contribution in [0, 0.1) is 27.7 Å². The van der Waals surface area contributed by atoms with Crippen molar-refractivity contribution in [1.29, 1.82) is 0 Å². The number of carbonyl (C=O) groups is 1. The number of rotatable bonds is 6. The third-order valence-electron chi connectivity index (χ3n) is 6.79. The topological polar surface area (TPSA) is 47.4 Å². The lowest BCUT2D eigenvalue weighted by atomic mass is 10.1. The zero-order valence-corrected chi connectivity index (χ0v) is 20.3.